The van der Waals surface area contributed by atoms with Crippen LogP contribution in [0.25, 0.3) is 10.9 Å². The number of amides is 1. The molecule has 0 aliphatic carbocycles. The number of aromatic nitrogens is 1. The Morgan fingerprint density at radius 3 is 2.71 bits per heavy atom. The first-order chi connectivity index (χ1) is 10.6. The third-order valence-corrected chi connectivity index (χ3v) is 4.52. The van der Waals surface area contributed by atoms with Crippen LogP contribution in [-0.2, 0) is 11.2 Å². The predicted octanol–water partition coefficient (Wildman–Crippen LogP) is 2.09. The summed E-state index contributed by atoms with van der Waals surface area (Å²) < 4.78 is 0. The maximum atomic E-state index is 12.3. The van der Waals surface area contributed by atoms with Crippen molar-refractivity contribution in [3.63, 3.8) is 0 Å². The summed E-state index contributed by atoms with van der Waals surface area (Å²) in [6, 6.07) is 7.85. The van der Waals surface area contributed by atoms with E-state index in [0.29, 0.717) is 6.42 Å². The van der Waals surface area contributed by atoms with Gasteiger partial charge >= 0.3 is 0 Å². The third kappa shape index (κ3) is 4.86. The predicted molar refractivity (Wildman–Crippen MR) is 103 cm³/mol. The summed E-state index contributed by atoms with van der Waals surface area (Å²) in [4.78, 5) is 17.8. The standard InChI is InChI=1S/C17H24N4O.2ClH/c1-21-8-6-13(7-9-21)20-17(22)15(18)10-12-11-19-16-5-3-2-4-14(12)16;;/h2-5,11,13,15,19H,6-10,18H2,1H3,(H,20,22);2*1H/t15-;;/m0../s1. The Morgan fingerprint density at radius 1 is 1.33 bits per heavy atom. The van der Waals surface area contributed by atoms with Crippen molar-refractivity contribution in [3.05, 3.63) is 36.0 Å². The molecule has 1 aliphatic rings. The van der Waals surface area contributed by atoms with Crippen molar-refractivity contribution >= 4 is 41.6 Å². The first-order valence-electron chi connectivity index (χ1n) is 7.93. The molecule has 0 bridgehead atoms. The van der Waals surface area contributed by atoms with Crippen molar-refractivity contribution in [3.8, 4) is 0 Å². The van der Waals surface area contributed by atoms with Crippen molar-refractivity contribution in [2.45, 2.75) is 31.3 Å². The first-order valence-corrected chi connectivity index (χ1v) is 7.93. The van der Waals surface area contributed by atoms with Crippen LogP contribution < -0.4 is 11.1 Å². The van der Waals surface area contributed by atoms with Crippen molar-refractivity contribution < 1.29 is 4.79 Å². The van der Waals surface area contributed by atoms with E-state index in [4.69, 9.17) is 5.73 Å². The molecule has 134 valence electrons. The quantitative estimate of drug-likeness (QED) is 0.768. The van der Waals surface area contributed by atoms with Gasteiger partial charge < -0.3 is 20.9 Å². The Balaban J connectivity index is 0.00000144. The third-order valence-electron chi connectivity index (χ3n) is 4.52. The van der Waals surface area contributed by atoms with Gasteiger partial charge in [-0.05, 0) is 51.0 Å². The average Bonchev–Trinajstić information content (AvgIpc) is 2.93. The van der Waals surface area contributed by atoms with E-state index in [1.807, 2.05) is 24.4 Å². The van der Waals surface area contributed by atoms with Crippen LogP contribution in [0.15, 0.2) is 30.5 Å². The van der Waals surface area contributed by atoms with Crippen LogP contribution in [0.2, 0.25) is 0 Å². The second-order valence-electron chi connectivity index (χ2n) is 6.26. The van der Waals surface area contributed by atoms with Crippen molar-refractivity contribution in [2.75, 3.05) is 20.1 Å². The van der Waals surface area contributed by atoms with Gasteiger partial charge in [0, 0.05) is 23.1 Å². The zero-order valence-electron chi connectivity index (χ0n) is 13.8. The van der Waals surface area contributed by atoms with Gasteiger partial charge in [0.25, 0.3) is 0 Å². The fraction of sp³-hybridized carbons (Fsp3) is 0.471. The number of carbonyl (C=O) groups excluding carboxylic acids is 1. The number of likely N-dealkylation sites (tertiary alicyclic amines) is 1. The lowest BCUT2D eigenvalue weighted by atomic mass is 10.0. The number of nitrogens with one attached hydrogen (secondary N) is 2. The second-order valence-corrected chi connectivity index (χ2v) is 6.26. The van der Waals surface area contributed by atoms with Crippen LogP contribution in [-0.4, -0.2) is 48.0 Å². The Labute approximate surface area is 155 Å². The molecular weight excluding hydrogens is 347 g/mol. The summed E-state index contributed by atoms with van der Waals surface area (Å²) in [5.41, 5.74) is 8.29. The highest BCUT2D eigenvalue weighted by Crippen LogP contribution is 2.19. The summed E-state index contributed by atoms with van der Waals surface area (Å²) in [5, 5.41) is 4.24. The molecule has 1 saturated heterocycles. The van der Waals surface area contributed by atoms with Gasteiger partial charge in [0.05, 0.1) is 6.04 Å². The van der Waals surface area contributed by atoms with E-state index in [1.165, 1.54) is 0 Å². The number of nitrogens with two attached hydrogens (primary N) is 1. The van der Waals surface area contributed by atoms with Crippen LogP contribution in [0, 0.1) is 0 Å². The fourth-order valence-corrected chi connectivity index (χ4v) is 3.09. The van der Waals surface area contributed by atoms with Crippen LogP contribution in [0.3, 0.4) is 0 Å². The Hall–Kier alpha value is -1.27. The lowest BCUT2D eigenvalue weighted by Crippen LogP contribution is -2.49. The zero-order chi connectivity index (χ0) is 15.5. The number of hydrogen-bond acceptors (Lipinski definition) is 3. The number of nitrogens with zero attached hydrogens (tertiary/aromatic N) is 1. The topological polar surface area (TPSA) is 74.2 Å². The first kappa shape index (κ1) is 20.8. The van der Waals surface area contributed by atoms with E-state index in [-0.39, 0.29) is 36.8 Å². The van der Waals surface area contributed by atoms with Crippen molar-refractivity contribution in [2.24, 2.45) is 5.73 Å². The molecule has 0 radical (unpaired) electrons. The molecule has 1 amide bonds. The van der Waals surface area contributed by atoms with Crippen molar-refractivity contribution in [1.82, 2.24) is 15.2 Å². The van der Waals surface area contributed by atoms with Crippen LogP contribution in [0.5, 0.6) is 0 Å². The van der Waals surface area contributed by atoms with E-state index in [1.54, 1.807) is 0 Å². The van der Waals surface area contributed by atoms with E-state index < -0.39 is 6.04 Å². The van der Waals surface area contributed by atoms with Gasteiger partial charge in [0.2, 0.25) is 5.91 Å². The smallest absolute Gasteiger partial charge is 0.237 e. The SMILES string of the molecule is CN1CCC(NC(=O)[C@@H](N)Cc2c[nH]c3ccccc23)CC1.Cl.Cl. The number of aromatic amines is 1. The van der Waals surface area contributed by atoms with E-state index in [2.05, 4.69) is 28.3 Å². The molecule has 2 heterocycles. The Kier molecular flexibility index (Phi) is 8.03. The van der Waals surface area contributed by atoms with Gasteiger partial charge in [-0.2, -0.15) is 0 Å². The minimum atomic E-state index is -0.501. The minimum absolute atomic E-state index is 0. The molecular formula is C17H26Cl2N4O. The largest absolute Gasteiger partial charge is 0.361 e. The summed E-state index contributed by atoms with van der Waals surface area (Å²) in [7, 11) is 2.11. The van der Waals surface area contributed by atoms with E-state index in [0.717, 1.165) is 42.4 Å². The summed E-state index contributed by atoms with van der Waals surface area (Å²) >= 11 is 0. The molecule has 2 aromatic rings. The van der Waals surface area contributed by atoms with Crippen LogP contribution >= 0.6 is 24.8 Å². The average molecular weight is 373 g/mol. The maximum Gasteiger partial charge on any atom is 0.237 e. The monoisotopic (exact) mass is 372 g/mol. The second kappa shape index (κ2) is 9.28. The van der Waals surface area contributed by atoms with Crippen LogP contribution in [0.1, 0.15) is 18.4 Å². The molecule has 0 unspecified atom stereocenters. The van der Waals surface area contributed by atoms with Gasteiger partial charge in [-0.25, -0.2) is 0 Å². The summed E-state index contributed by atoms with van der Waals surface area (Å²) in [6.07, 6.45) is 4.51. The number of halogens is 2. The number of benzene rings is 1. The highest BCUT2D eigenvalue weighted by Gasteiger charge is 2.22. The molecule has 1 atom stereocenters. The van der Waals surface area contributed by atoms with E-state index in [9.17, 15) is 4.79 Å². The molecule has 0 spiro atoms. The number of hydrogen-bond donors (Lipinski definition) is 3. The zero-order valence-corrected chi connectivity index (χ0v) is 15.5. The van der Waals surface area contributed by atoms with E-state index >= 15 is 0 Å². The molecule has 7 heteroatoms. The highest BCUT2D eigenvalue weighted by molar-refractivity contribution is 5.86. The molecule has 1 aromatic heterocycles. The summed E-state index contributed by atoms with van der Waals surface area (Å²) in [5.74, 6) is -0.0418. The summed E-state index contributed by atoms with van der Waals surface area (Å²) in [6.45, 7) is 2.06. The lowest BCUT2D eigenvalue weighted by Gasteiger charge is -2.30. The number of piperidine rings is 1. The van der Waals surface area contributed by atoms with Gasteiger partial charge in [-0.15, -0.1) is 24.8 Å². The molecule has 1 aliphatic heterocycles. The number of rotatable bonds is 4. The van der Waals surface area contributed by atoms with Gasteiger partial charge in [0.15, 0.2) is 0 Å². The van der Waals surface area contributed by atoms with Gasteiger partial charge in [-0.1, -0.05) is 18.2 Å². The molecule has 1 fully saturated rings. The molecule has 4 N–H and O–H groups in total. The molecule has 3 rings (SSSR count). The molecule has 5 nitrogen and oxygen atoms in total. The Morgan fingerprint density at radius 2 is 2.00 bits per heavy atom. The lowest BCUT2D eigenvalue weighted by molar-refractivity contribution is -0.123. The van der Waals surface area contributed by atoms with Gasteiger partial charge in [0.1, 0.15) is 0 Å². The molecule has 0 saturated carbocycles. The fourth-order valence-electron chi connectivity index (χ4n) is 3.09. The normalized spacial score (nSPS) is 16.9. The number of para-hydroxylation sites is 1. The minimum Gasteiger partial charge on any atom is -0.361 e. The highest BCUT2D eigenvalue weighted by atomic mass is 35.5. The van der Waals surface area contributed by atoms with Crippen molar-refractivity contribution in [1.29, 1.82) is 0 Å². The van der Waals surface area contributed by atoms with Gasteiger partial charge in [-0.3, -0.25) is 4.79 Å². The molecule has 1 aromatic carbocycles. The number of H-pyrrole nitrogens is 1. The number of carbonyl (C=O) groups is 1. The Bertz CT molecular complexity index is 653. The number of fused-ring (bicyclic) bond motifs is 1. The molecule has 24 heavy (non-hydrogen) atoms. The maximum absolute atomic E-state index is 12.3. The van der Waals surface area contributed by atoms with Crippen LogP contribution in [0.4, 0.5) is 0 Å².